The van der Waals surface area contributed by atoms with E-state index in [1.54, 1.807) is 16.8 Å². The summed E-state index contributed by atoms with van der Waals surface area (Å²) in [7, 11) is 0. The van der Waals surface area contributed by atoms with Crippen molar-refractivity contribution in [3.63, 3.8) is 0 Å². The zero-order chi connectivity index (χ0) is 15.0. The number of aromatic carboxylic acids is 1. The maximum absolute atomic E-state index is 10.8. The van der Waals surface area contributed by atoms with Gasteiger partial charge < -0.3 is 10.0 Å². The molecular weight excluding hydrogens is 272 g/mol. The van der Waals surface area contributed by atoms with Gasteiger partial charge in [0.2, 0.25) is 0 Å². The van der Waals surface area contributed by atoms with Crippen LogP contribution >= 0.6 is 0 Å². The van der Waals surface area contributed by atoms with E-state index < -0.39 is 5.97 Å². The van der Waals surface area contributed by atoms with E-state index in [2.05, 4.69) is 21.4 Å². The van der Waals surface area contributed by atoms with Gasteiger partial charge in [0.05, 0.1) is 23.9 Å². The van der Waals surface area contributed by atoms with Gasteiger partial charge in [-0.15, -0.1) is 5.10 Å². The second-order valence-corrected chi connectivity index (χ2v) is 4.91. The Kier molecular flexibility index (Phi) is 3.02. The first-order valence-corrected chi connectivity index (χ1v) is 6.35. The molecule has 0 atom stereocenters. The van der Waals surface area contributed by atoms with Gasteiger partial charge in [0.25, 0.3) is 0 Å². The van der Waals surface area contributed by atoms with E-state index in [-0.39, 0.29) is 11.7 Å². The highest BCUT2D eigenvalue weighted by molar-refractivity contribution is 5.84. The second kappa shape index (κ2) is 4.86. The lowest BCUT2D eigenvalue weighted by atomic mass is 10.1. The normalized spacial score (nSPS) is 14.6. The Morgan fingerprint density at radius 1 is 1.48 bits per heavy atom. The Labute approximate surface area is 120 Å². The summed E-state index contributed by atoms with van der Waals surface area (Å²) >= 11 is 0. The van der Waals surface area contributed by atoms with Crippen molar-refractivity contribution >= 4 is 11.8 Å². The lowest BCUT2D eigenvalue weighted by molar-refractivity contribution is 0.0690. The highest BCUT2D eigenvalue weighted by Gasteiger charge is 2.31. The van der Waals surface area contributed by atoms with Gasteiger partial charge in [-0.05, 0) is 19.1 Å². The summed E-state index contributed by atoms with van der Waals surface area (Å²) in [5.74, 6) is -0.335. The summed E-state index contributed by atoms with van der Waals surface area (Å²) in [5, 5.41) is 25.2. The Bertz CT molecular complexity index is 741. The molecule has 8 nitrogen and oxygen atoms in total. The molecule has 1 N–H and O–H groups in total. The van der Waals surface area contributed by atoms with Gasteiger partial charge in [-0.25, -0.2) is 14.5 Å². The molecule has 8 heteroatoms. The Hall–Kier alpha value is -2.95. The molecule has 0 bridgehead atoms. The molecule has 106 valence electrons. The topological polar surface area (TPSA) is 108 Å². The standard InChI is InChI=1S/C13H12N6O2/c1-8-2-9(4-14)3-12(15-8)18-5-10(6-18)19-7-11(13(20)21)16-17-19/h2-3,7,10H,5-6H2,1H3,(H,20,21). The minimum Gasteiger partial charge on any atom is -0.476 e. The van der Waals surface area contributed by atoms with Gasteiger partial charge >= 0.3 is 5.97 Å². The summed E-state index contributed by atoms with van der Waals surface area (Å²) < 4.78 is 1.56. The average Bonchev–Trinajstić information content (AvgIpc) is 2.86. The monoisotopic (exact) mass is 284 g/mol. The minimum absolute atomic E-state index is 0.0612. The van der Waals surface area contributed by atoms with Crippen LogP contribution in [-0.2, 0) is 0 Å². The number of rotatable bonds is 3. The zero-order valence-electron chi connectivity index (χ0n) is 11.3. The largest absolute Gasteiger partial charge is 0.476 e. The summed E-state index contributed by atoms with van der Waals surface area (Å²) in [6, 6.07) is 5.66. The fourth-order valence-electron chi connectivity index (χ4n) is 2.24. The molecule has 21 heavy (non-hydrogen) atoms. The van der Waals surface area contributed by atoms with Crippen LogP contribution < -0.4 is 4.90 Å². The highest BCUT2D eigenvalue weighted by atomic mass is 16.4. The van der Waals surface area contributed by atoms with Gasteiger partial charge in [0, 0.05) is 18.8 Å². The predicted molar refractivity (Wildman–Crippen MR) is 71.9 cm³/mol. The SMILES string of the molecule is Cc1cc(C#N)cc(N2CC(n3cc(C(=O)O)nn3)C2)n1. The van der Waals surface area contributed by atoms with Gasteiger partial charge in [-0.2, -0.15) is 5.26 Å². The molecule has 0 radical (unpaired) electrons. The number of hydrogen-bond donors (Lipinski definition) is 1. The smallest absolute Gasteiger partial charge is 0.358 e. The second-order valence-electron chi connectivity index (χ2n) is 4.91. The Balaban J connectivity index is 1.72. The van der Waals surface area contributed by atoms with E-state index in [9.17, 15) is 4.79 Å². The number of carboxylic acids is 1. The molecular formula is C13H12N6O2. The molecule has 0 unspecified atom stereocenters. The van der Waals surface area contributed by atoms with E-state index >= 15 is 0 Å². The van der Waals surface area contributed by atoms with Crippen LogP contribution in [0, 0.1) is 18.3 Å². The molecule has 2 aromatic rings. The molecule has 2 aromatic heterocycles. The number of aryl methyl sites for hydroxylation is 1. The lowest BCUT2D eigenvalue weighted by Gasteiger charge is -2.39. The van der Waals surface area contributed by atoms with Crippen LogP contribution in [0.2, 0.25) is 0 Å². The number of pyridine rings is 1. The molecule has 1 aliphatic heterocycles. The van der Waals surface area contributed by atoms with Crippen molar-refractivity contribution in [1.29, 1.82) is 5.26 Å². The molecule has 3 rings (SSSR count). The van der Waals surface area contributed by atoms with Crippen LogP contribution in [0.1, 0.15) is 27.8 Å². The van der Waals surface area contributed by atoms with E-state index in [1.807, 2.05) is 11.8 Å². The molecule has 0 saturated carbocycles. The van der Waals surface area contributed by atoms with Gasteiger partial charge in [0.15, 0.2) is 5.69 Å². The molecule has 0 amide bonds. The van der Waals surface area contributed by atoms with Crippen LogP contribution in [-0.4, -0.2) is 44.1 Å². The van der Waals surface area contributed by atoms with Crippen molar-refractivity contribution in [2.24, 2.45) is 0 Å². The average molecular weight is 284 g/mol. The molecule has 1 fully saturated rings. The van der Waals surface area contributed by atoms with Crippen LogP contribution in [0.25, 0.3) is 0 Å². The molecule has 0 aromatic carbocycles. The third-order valence-corrected chi connectivity index (χ3v) is 3.36. The number of nitriles is 1. The van der Waals surface area contributed by atoms with Crippen molar-refractivity contribution < 1.29 is 9.90 Å². The van der Waals surface area contributed by atoms with Gasteiger partial charge in [-0.1, -0.05) is 5.21 Å². The van der Waals surface area contributed by atoms with E-state index in [4.69, 9.17) is 10.4 Å². The first-order chi connectivity index (χ1) is 10.1. The maximum Gasteiger partial charge on any atom is 0.358 e. The summed E-state index contributed by atoms with van der Waals surface area (Å²) in [6.07, 6.45) is 1.43. The molecule has 1 aliphatic rings. The molecule has 0 spiro atoms. The van der Waals surface area contributed by atoms with E-state index in [0.29, 0.717) is 18.7 Å². The summed E-state index contributed by atoms with van der Waals surface area (Å²) in [4.78, 5) is 17.2. The van der Waals surface area contributed by atoms with Crippen molar-refractivity contribution in [2.75, 3.05) is 18.0 Å². The first kappa shape index (κ1) is 13.1. The number of carbonyl (C=O) groups is 1. The van der Waals surface area contributed by atoms with Crippen LogP contribution in [0.15, 0.2) is 18.3 Å². The Morgan fingerprint density at radius 3 is 2.86 bits per heavy atom. The van der Waals surface area contributed by atoms with Gasteiger partial charge in [0.1, 0.15) is 5.82 Å². The third-order valence-electron chi connectivity index (χ3n) is 3.36. The van der Waals surface area contributed by atoms with Crippen LogP contribution in [0.4, 0.5) is 5.82 Å². The van der Waals surface area contributed by atoms with Crippen LogP contribution in [0.5, 0.6) is 0 Å². The number of hydrogen-bond acceptors (Lipinski definition) is 6. The van der Waals surface area contributed by atoms with Crippen molar-refractivity contribution in [2.45, 2.75) is 13.0 Å². The first-order valence-electron chi connectivity index (χ1n) is 6.35. The van der Waals surface area contributed by atoms with Crippen molar-refractivity contribution in [1.82, 2.24) is 20.0 Å². The lowest BCUT2D eigenvalue weighted by Crippen LogP contribution is -2.48. The van der Waals surface area contributed by atoms with Gasteiger partial charge in [-0.3, -0.25) is 0 Å². The van der Waals surface area contributed by atoms with Crippen LogP contribution in [0.3, 0.4) is 0 Å². The van der Waals surface area contributed by atoms with Crippen molar-refractivity contribution in [3.05, 3.63) is 35.3 Å². The zero-order valence-corrected chi connectivity index (χ0v) is 11.3. The fourth-order valence-corrected chi connectivity index (χ4v) is 2.24. The van der Waals surface area contributed by atoms with Crippen molar-refractivity contribution in [3.8, 4) is 6.07 Å². The van der Waals surface area contributed by atoms with E-state index in [1.165, 1.54) is 6.20 Å². The number of carboxylic acid groups (broad SMARTS) is 1. The quantitative estimate of drug-likeness (QED) is 0.879. The third kappa shape index (κ3) is 2.41. The molecule has 1 saturated heterocycles. The maximum atomic E-state index is 10.8. The molecule has 3 heterocycles. The minimum atomic E-state index is -1.09. The fraction of sp³-hybridized carbons (Fsp3) is 0.308. The summed E-state index contributed by atoms with van der Waals surface area (Å²) in [5.41, 5.74) is 1.31. The number of anilines is 1. The Morgan fingerprint density at radius 2 is 2.24 bits per heavy atom. The predicted octanol–water partition coefficient (Wildman–Crippen LogP) is 0.613. The van der Waals surface area contributed by atoms with E-state index in [0.717, 1.165) is 11.5 Å². The highest BCUT2D eigenvalue weighted by Crippen LogP contribution is 2.26. The number of nitrogens with zero attached hydrogens (tertiary/aromatic N) is 6. The number of aromatic nitrogens is 4. The molecule has 0 aliphatic carbocycles. The summed E-state index contributed by atoms with van der Waals surface area (Å²) in [6.45, 7) is 3.16.